The zero-order valence-electron chi connectivity index (χ0n) is 33.7. The summed E-state index contributed by atoms with van der Waals surface area (Å²) in [6, 6.07) is 72.7. The molecule has 0 N–H and O–H groups in total. The molecule has 5 nitrogen and oxygen atoms in total. The first-order valence-electron chi connectivity index (χ1n) is 21.1. The van der Waals surface area contributed by atoms with Gasteiger partial charge in [-0.25, -0.2) is 15.0 Å². The maximum atomic E-state index is 6.63. The average Bonchev–Trinajstić information content (AvgIpc) is 4.04. The molecule has 0 aliphatic carbocycles. The molecular weight excluding hydrogens is 789 g/mol. The second kappa shape index (κ2) is 14.2. The Morgan fingerprint density at radius 2 is 0.952 bits per heavy atom. The van der Waals surface area contributed by atoms with Crippen molar-refractivity contribution in [2.75, 3.05) is 0 Å². The fourth-order valence-electron chi connectivity index (χ4n) is 9.38. The third kappa shape index (κ3) is 5.73. The Kier molecular flexibility index (Phi) is 8.01. The van der Waals surface area contributed by atoms with Crippen LogP contribution in [0, 0.1) is 0 Å². The molecule has 0 unspecified atom stereocenters. The number of benzene rings is 9. The molecule has 63 heavy (non-hydrogen) atoms. The van der Waals surface area contributed by atoms with Crippen LogP contribution in [0.3, 0.4) is 0 Å². The van der Waals surface area contributed by atoms with E-state index in [2.05, 4.69) is 162 Å². The molecule has 0 fully saturated rings. The van der Waals surface area contributed by atoms with Crippen molar-refractivity contribution in [2.24, 2.45) is 0 Å². The molecule has 294 valence electrons. The van der Waals surface area contributed by atoms with Crippen molar-refractivity contribution >= 4 is 75.3 Å². The highest BCUT2D eigenvalue weighted by Crippen LogP contribution is 2.47. The predicted octanol–water partition coefficient (Wildman–Crippen LogP) is 15.6. The van der Waals surface area contributed by atoms with Crippen LogP contribution in [0.15, 0.2) is 211 Å². The minimum Gasteiger partial charge on any atom is -0.455 e. The minimum atomic E-state index is 0.591. The highest BCUT2D eigenvalue weighted by atomic mass is 32.1. The SMILES string of the molecule is c1ccc(-c2nc(-c3ccccc3)nc(-c3cc(-c4cccc5c4oc4ccccc45)ccc3-c3cc(-n4c5ccccc5c5ccccc54)cc4c3sc3ccccc34)n2)cc1. The van der Waals surface area contributed by atoms with Gasteiger partial charge in [-0.1, -0.05) is 164 Å². The zero-order chi connectivity index (χ0) is 41.4. The molecule has 6 heteroatoms. The van der Waals surface area contributed by atoms with Gasteiger partial charge in [0.05, 0.1) is 11.0 Å². The van der Waals surface area contributed by atoms with Crippen LogP contribution in [0.4, 0.5) is 0 Å². The fraction of sp³-hybridized carbons (Fsp3) is 0. The van der Waals surface area contributed by atoms with Crippen molar-refractivity contribution in [3.8, 4) is 62.1 Å². The van der Waals surface area contributed by atoms with Gasteiger partial charge in [0.25, 0.3) is 0 Å². The molecule has 13 rings (SSSR count). The third-order valence-corrected chi connectivity index (χ3v) is 13.5. The monoisotopic (exact) mass is 822 g/mol. The van der Waals surface area contributed by atoms with E-state index in [4.69, 9.17) is 19.4 Å². The predicted molar refractivity (Wildman–Crippen MR) is 262 cm³/mol. The van der Waals surface area contributed by atoms with Crippen LogP contribution in [0.25, 0.3) is 126 Å². The van der Waals surface area contributed by atoms with Crippen molar-refractivity contribution in [1.29, 1.82) is 0 Å². The Labute approximate surface area is 365 Å². The molecule has 9 aromatic carbocycles. The second-order valence-electron chi connectivity index (χ2n) is 15.9. The van der Waals surface area contributed by atoms with Gasteiger partial charge >= 0.3 is 0 Å². The summed E-state index contributed by atoms with van der Waals surface area (Å²) < 4.78 is 11.5. The number of fused-ring (bicyclic) bond motifs is 9. The maximum Gasteiger partial charge on any atom is 0.164 e. The number of rotatable bonds is 6. The van der Waals surface area contributed by atoms with Gasteiger partial charge in [-0.05, 0) is 53.6 Å². The van der Waals surface area contributed by atoms with Crippen LogP contribution in [0.1, 0.15) is 0 Å². The van der Waals surface area contributed by atoms with Crippen molar-refractivity contribution in [2.45, 2.75) is 0 Å². The number of aromatic nitrogens is 4. The second-order valence-corrected chi connectivity index (χ2v) is 17.0. The standard InChI is InChI=1S/C57H34N4OS/c1-3-16-35(17-4-1)55-58-56(36-18-5-2-6-19-36)60-57(59-55)48-32-37(39-24-15-25-45-43-22-9-13-28-51(43)62-53(39)45)30-31-40(48)46-33-38(34-47-44-23-10-14-29-52(44)63-54(46)47)61-49-26-11-7-20-41(49)42-21-8-12-27-50(42)61/h1-34H. The number of furan rings is 1. The first-order chi connectivity index (χ1) is 31.2. The molecule has 0 aliphatic rings. The number of nitrogens with zero attached hydrogens (tertiary/aromatic N) is 4. The van der Waals surface area contributed by atoms with E-state index in [-0.39, 0.29) is 0 Å². The number of hydrogen-bond acceptors (Lipinski definition) is 5. The lowest BCUT2D eigenvalue weighted by atomic mass is 9.92. The van der Waals surface area contributed by atoms with E-state index in [1.807, 2.05) is 59.9 Å². The molecule has 0 amide bonds. The molecule has 0 atom stereocenters. The Balaban J connectivity index is 1.14. The molecule has 0 spiro atoms. The van der Waals surface area contributed by atoms with Gasteiger partial charge in [-0.3, -0.25) is 0 Å². The van der Waals surface area contributed by atoms with Crippen LogP contribution < -0.4 is 0 Å². The van der Waals surface area contributed by atoms with E-state index in [1.165, 1.54) is 30.9 Å². The van der Waals surface area contributed by atoms with E-state index in [9.17, 15) is 0 Å². The number of thiophene rings is 1. The summed E-state index contributed by atoms with van der Waals surface area (Å²) >= 11 is 1.83. The summed E-state index contributed by atoms with van der Waals surface area (Å²) in [5.41, 5.74) is 12.0. The van der Waals surface area contributed by atoms with Gasteiger partial charge in [-0.15, -0.1) is 11.3 Å². The summed E-state index contributed by atoms with van der Waals surface area (Å²) in [4.78, 5) is 15.8. The summed E-state index contributed by atoms with van der Waals surface area (Å²) in [6.07, 6.45) is 0. The van der Waals surface area contributed by atoms with Crippen LogP contribution in [0.2, 0.25) is 0 Å². The lowest BCUT2D eigenvalue weighted by molar-refractivity contribution is 0.670. The van der Waals surface area contributed by atoms with Gasteiger partial charge in [0.1, 0.15) is 11.2 Å². The normalized spacial score (nSPS) is 11.8. The summed E-state index contributed by atoms with van der Waals surface area (Å²) in [7, 11) is 0. The van der Waals surface area contributed by atoms with Crippen molar-refractivity contribution in [3.63, 3.8) is 0 Å². The molecule has 0 aliphatic heterocycles. The quantitative estimate of drug-likeness (QED) is 0.168. The average molecular weight is 823 g/mol. The van der Waals surface area contributed by atoms with E-state index in [0.29, 0.717) is 17.5 Å². The van der Waals surface area contributed by atoms with Crippen molar-refractivity contribution in [3.05, 3.63) is 206 Å². The van der Waals surface area contributed by atoms with Crippen molar-refractivity contribution in [1.82, 2.24) is 19.5 Å². The summed E-state index contributed by atoms with van der Waals surface area (Å²) in [6.45, 7) is 0. The molecule has 0 bridgehead atoms. The van der Waals surface area contributed by atoms with Gasteiger partial charge in [0.2, 0.25) is 0 Å². The summed E-state index contributed by atoms with van der Waals surface area (Å²) in [5, 5.41) is 7.06. The lowest BCUT2D eigenvalue weighted by Crippen LogP contribution is -2.02. The Morgan fingerprint density at radius 1 is 0.365 bits per heavy atom. The smallest absolute Gasteiger partial charge is 0.164 e. The molecule has 0 radical (unpaired) electrons. The van der Waals surface area contributed by atoms with Crippen molar-refractivity contribution < 1.29 is 4.42 Å². The van der Waals surface area contributed by atoms with Gasteiger partial charge < -0.3 is 8.98 Å². The van der Waals surface area contributed by atoms with E-state index in [1.54, 1.807) is 0 Å². The number of para-hydroxylation sites is 4. The Bertz CT molecular complexity index is 3810. The fourth-order valence-corrected chi connectivity index (χ4v) is 10.6. The topological polar surface area (TPSA) is 56.7 Å². The summed E-state index contributed by atoms with van der Waals surface area (Å²) in [5.74, 6) is 1.82. The highest BCUT2D eigenvalue weighted by molar-refractivity contribution is 7.26. The van der Waals surface area contributed by atoms with E-state index >= 15 is 0 Å². The Morgan fingerprint density at radius 3 is 1.67 bits per heavy atom. The Hall–Kier alpha value is -8.19. The van der Waals surface area contributed by atoms with E-state index in [0.717, 1.165) is 77.6 Å². The van der Waals surface area contributed by atoms with Crippen LogP contribution in [0.5, 0.6) is 0 Å². The van der Waals surface area contributed by atoms with Gasteiger partial charge in [0.15, 0.2) is 17.5 Å². The van der Waals surface area contributed by atoms with Crippen LogP contribution in [-0.4, -0.2) is 19.5 Å². The highest BCUT2D eigenvalue weighted by Gasteiger charge is 2.23. The molecular formula is C57H34N4OS. The largest absolute Gasteiger partial charge is 0.455 e. The van der Waals surface area contributed by atoms with Crippen LogP contribution in [-0.2, 0) is 0 Å². The molecule has 0 saturated heterocycles. The molecule has 4 heterocycles. The van der Waals surface area contributed by atoms with E-state index < -0.39 is 0 Å². The maximum absolute atomic E-state index is 6.63. The zero-order valence-corrected chi connectivity index (χ0v) is 34.6. The number of hydrogen-bond donors (Lipinski definition) is 0. The first kappa shape index (κ1) is 35.6. The third-order valence-electron chi connectivity index (χ3n) is 12.3. The molecule has 4 aromatic heterocycles. The van der Waals surface area contributed by atoms with Crippen LogP contribution >= 0.6 is 11.3 Å². The molecule has 13 aromatic rings. The lowest BCUT2D eigenvalue weighted by Gasteiger charge is -2.17. The van der Waals surface area contributed by atoms with Gasteiger partial charge in [0, 0.05) is 75.2 Å². The molecule has 0 saturated carbocycles. The first-order valence-corrected chi connectivity index (χ1v) is 21.9. The van der Waals surface area contributed by atoms with Gasteiger partial charge in [-0.2, -0.15) is 0 Å². The minimum absolute atomic E-state index is 0.591.